The summed E-state index contributed by atoms with van der Waals surface area (Å²) >= 11 is 1.36. The Kier molecular flexibility index (Phi) is 3.81. The van der Waals surface area contributed by atoms with Crippen LogP contribution in [0, 0.1) is 5.41 Å². The molecule has 5 nitrogen and oxygen atoms in total. The highest BCUT2D eigenvalue weighted by Gasteiger charge is 2.40. The molecule has 1 rings (SSSR count). The Labute approximate surface area is 110 Å². The Bertz CT molecular complexity index is 460. The zero-order chi connectivity index (χ0) is 14.1. The van der Waals surface area contributed by atoms with E-state index < -0.39 is 17.3 Å². The maximum atomic E-state index is 11.3. The molecule has 0 aliphatic rings. The van der Waals surface area contributed by atoms with Gasteiger partial charge in [-0.25, -0.2) is 4.98 Å². The third kappa shape index (κ3) is 2.87. The van der Waals surface area contributed by atoms with Crippen LogP contribution in [0.3, 0.4) is 0 Å². The molecule has 3 N–H and O–H groups in total. The molecule has 1 unspecified atom stereocenters. The van der Waals surface area contributed by atoms with Crippen molar-refractivity contribution in [3.05, 3.63) is 16.1 Å². The zero-order valence-corrected chi connectivity index (χ0v) is 11.8. The van der Waals surface area contributed by atoms with Gasteiger partial charge in [0.25, 0.3) is 0 Å². The van der Waals surface area contributed by atoms with Gasteiger partial charge in [-0.1, -0.05) is 20.8 Å². The number of carboxylic acids is 1. The number of nitrogens with two attached hydrogens (primary N) is 1. The van der Waals surface area contributed by atoms with Crippen LogP contribution in [-0.4, -0.2) is 22.0 Å². The van der Waals surface area contributed by atoms with E-state index in [0.717, 1.165) is 5.69 Å². The molecule has 1 aromatic rings. The van der Waals surface area contributed by atoms with E-state index in [4.69, 9.17) is 10.8 Å². The Morgan fingerprint density at radius 1 is 1.39 bits per heavy atom. The van der Waals surface area contributed by atoms with Gasteiger partial charge in [0, 0.05) is 17.2 Å². The molecule has 0 saturated heterocycles. The average Bonchev–Trinajstić information content (AvgIpc) is 2.64. The topological polar surface area (TPSA) is 93.3 Å². The first kappa shape index (κ1) is 14.6. The minimum Gasteiger partial charge on any atom is -0.480 e. The quantitative estimate of drug-likeness (QED) is 0.812. The third-order valence-electron chi connectivity index (χ3n) is 2.84. The van der Waals surface area contributed by atoms with Gasteiger partial charge in [-0.2, -0.15) is 0 Å². The Hall–Kier alpha value is -1.43. The number of carboxylic acid groups (broad SMARTS) is 1. The first-order valence-electron chi connectivity index (χ1n) is 5.55. The summed E-state index contributed by atoms with van der Waals surface area (Å²) in [4.78, 5) is 26.8. The standard InChI is InChI=1S/C12H18N2O3S/c1-11(2,3)7-6-18-8(14-7)5-12(4,9(13)15)10(16)17/h6H,5H2,1-4H3,(H2,13,15)(H,16,17). The number of amides is 1. The number of primary amides is 1. The van der Waals surface area contributed by atoms with Gasteiger partial charge in [0.2, 0.25) is 5.91 Å². The molecule has 1 atom stereocenters. The summed E-state index contributed by atoms with van der Waals surface area (Å²) in [5.41, 5.74) is 4.36. The first-order valence-corrected chi connectivity index (χ1v) is 6.43. The molecule has 6 heteroatoms. The van der Waals surface area contributed by atoms with Gasteiger partial charge >= 0.3 is 5.97 Å². The molecular weight excluding hydrogens is 252 g/mol. The second-order valence-corrected chi connectivity index (χ2v) is 6.50. The van der Waals surface area contributed by atoms with Gasteiger partial charge in [-0.15, -0.1) is 11.3 Å². The summed E-state index contributed by atoms with van der Waals surface area (Å²) in [6.07, 6.45) is 0.0262. The minimum atomic E-state index is -1.60. The van der Waals surface area contributed by atoms with Crippen molar-refractivity contribution >= 4 is 23.2 Å². The first-order chi connectivity index (χ1) is 8.07. The number of thiazole rings is 1. The van der Waals surface area contributed by atoms with E-state index >= 15 is 0 Å². The van der Waals surface area contributed by atoms with E-state index in [0.29, 0.717) is 5.01 Å². The van der Waals surface area contributed by atoms with Gasteiger partial charge in [0.1, 0.15) is 5.41 Å². The maximum absolute atomic E-state index is 11.3. The van der Waals surface area contributed by atoms with Crippen molar-refractivity contribution in [2.45, 2.75) is 39.5 Å². The molecule has 1 amide bonds. The second-order valence-electron chi connectivity index (χ2n) is 5.55. The van der Waals surface area contributed by atoms with E-state index in [-0.39, 0.29) is 11.8 Å². The van der Waals surface area contributed by atoms with Crippen molar-refractivity contribution in [3.8, 4) is 0 Å². The number of carbonyl (C=O) groups is 2. The van der Waals surface area contributed by atoms with Crippen molar-refractivity contribution in [3.63, 3.8) is 0 Å². The number of hydrogen-bond acceptors (Lipinski definition) is 4. The van der Waals surface area contributed by atoms with Crippen molar-refractivity contribution in [2.24, 2.45) is 11.1 Å². The van der Waals surface area contributed by atoms with Crippen LogP contribution in [-0.2, 0) is 21.4 Å². The fourth-order valence-corrected chi connectivity index (χ4v) is 2.48. The summed E-state index contributed by atoms with van der Waals surface area (Å²) < 4.78 is 0. The minimum absolute atomic E-state index is 0.0262. The van der Waals surface area contributed by atoms with Crippen LogP contribution in [0.15, 0.2) is 5.38 Å². The van der Waals surface area contributed by atoms with E-state index in [1.165, 1.54) is 18.3 Å². The molecule has 0 aliphatic carbocycles. The van der Waals surface area contributed by atoms with Gasteiger partial charge < -0.3 is 10.8 Å². The summed E-state index contributed by atoms with van der Waals surface area (Å²) in [6, 6.07) is 0. The highest BCUT2D eigenvalue weighted by molar-refractivity contribution is 7.09. The molecular formula is C12H18N2O3S. The summed E-state index contributed by atoms with van der Waals surface area (Å²) in [5, 5.41) is 11.6. The van der Waals surface area contributed by atoms with Crippen molar-refractivity contribution in [1.29, 1.82) is 0 Å². The lowest BCUT2D eigenvalue weighted by Crippen LogP contribution is -2.43. The molecule has 100 valence electrons. The highest BCUT2D eigenvalue weighted by atomic mass is 32.1. The SMILES string of the molecule is CC(Cc1nc(C(C)(C)C)cs1)(C(N)=O)C(=O)O. The van der Waals surface area contributed by atoms with Crippen LogP contribution in [0.4, 0.5) is 0 Å². The molecule has 0 spiro atoms. The lowest BCUT2D eigenvalue weighted by molar-refractivity contribution is -0.153. The van der Waals surface area contributed by atoms with Crippen LogP contribution in [0.2, 0.25) is 0 Å². The molecule has 18 heavy (non-hydrogen) atoms. The summed E-state index contributed by atoms with van der Waals surface area (Å²) in [7, 11) is 0. The van der Waals surface area contributed by atoms with Crippen LogP contribution in [0.25, 0.3) is 0 Å². The smallest absolute Gasteiger partial charge is 0.319 e. The van der Waals surface area contributed by atoms with E-state index in [9.17, 15) is 9.59 Å². The normalized spacial score (nSPS) is 15.1. The Morgan fingerprint density at radius 2 is 1.94 bits per heavy atom. The van der Waals surface area contributed by atoms with Crippen LogP contribution < -0.4 is 5.73 Å². The van der Waals surface area contributed by atoms with Crippen molar-refractivity contribution < 1.29 is 14.7 Å². The monoisotopic (exact) mass is 270 g/mol. The number of aromatic nitrogens is 1. The Morgan fingerprint density at radius 3 is 2.28 bits per heavy atom. The molecule has 1 aromatic heterocycles. The molecule has 0 fully saturated rings. The molecule has 0 radical (unpaired) electrons. The van der Waals surface area contributed by atoms with E-state index in [1.54, 1.807) is 0 Å². The summed E-state index contributed by atoms with van der Waals surface area (Å²) in [6.45, 7) is 7.40. The van der Waals surface area contributed by atoms with Gasteiger partial charge in [-0.05, 0) is 6.92 Å². The fraction of sp³-hybridized carbons (Fsp3) is 0.583. The fourth-order valence-electron chi connectivity index (χ4n) is 1.31. The molecule has 0 aliphatic heterocycles. The zero-order valence-electron chi connectivity index (χ0n) is 11.0. The Balaban J connectivity index is 3.00. The van der Waals surface area contributed by atoms with Gasteiger partial charge in [0.15, 0.2) is 0 Å². The van der Waals surface area contributed by atoms with Crippen LogP contribution in [0.1, 0.15) is 38.4 Å². The van der Waals surface area contributed by atoms with E-state index in [1.807, 2.05) is 26.2 Å². The largest absolute Gasteiger partial charge is 0.480 e. The van der Waals surface area contributed by atoms with E-state index in [2.05, 4.69) is 4.98 Å². The lowest BCUT2D eigenvalue weighted by atomic mass is 9.86. The molecule has 0 aromatic carbocycles. The number of aliphatic carboxylic acids is 1. The third-order valence-corrected chi connectivity index (χ3v) is 3.69. The molecule has 1 heterocycles. The maximum Gasteiger partial charge on any atom is 0.319 e. The van der Waals surface area contributed by atoms with Crippen molar-refractivity contribution in [2.75, 3.05) is 0 Å². The van der Waals surface area contributed by atoms with Gasteiger partial charge in [-0.3, -0.25) is 9.59 Å². The highest BCUT2D eigenvalue weighted by Crippen LogP contribution is 2.28. The number of nitrogens with zero attached hydrogens (tertiary/aromatic N) is 1. The van der Waals surface area contributed by atoms with Crippen LogP contribution in [0.5, 0.6) is 0 Å². The second kappa shape index (κ2) is 4.68. The number of hydrogen-bond donors (Lipinski definition) is 2. The predicted molar refractivity (Wildman–Crippen MR) is 69.5 cm³/mol. The lowest BCUT2D eigenvalue weighted by Gasteiger charge is -2.19. The average molecular weight is 270 g/mol. The molecule has 0 bridgehead atoms. The summed E-state index contributed by atoms with van der Waals surface area (Å²) in [5.74, 6) is -2.06. The van der Waals surface area contributed by atoms with Crippen LogP contribution >= 0.6 is 11.3 Å². The predicted octanol–water partition coefficient (Wildman–Crippen LogP) is 1.56. The number of rotatable bonds is 4. The molecule has 0 saturated carbocycles. The van der Waals surface area contributed by atoms with Crippen molar-refractivity contribution in [1.82, 2.24) is 4.98 Å². The number of carbonyl (C=O) groups excluding carboxylic acids is 1. The van der Waals surface area contributed by atoms with Gasteiger partial charge in [0.05, 0.1) is 10.7 Å².